The summed E-state index contributed by atoms with van der Waals surface area (Å²) in [4.78, 5) is 4.69. The van der Waals surface area contributed by atoms with Gasteiger partial charge in [0.15, 0.2) is 0 Å². The number of aromatic nitrogens is 1. The van der Waals surface area contributed by atoms with Crippen LogP contribution in [0.4, 0.5) is 0 Å². The lowest BCUT2D eigenvalue weighted by molar-refractivity contribution is 0.574. The molecule has 0 radical (unpaired) electrons. The molecule has 0 aliphatic heterocycles. The van der Waals surface area contributed by atoms with Gasteiger partial charge in [-0.15, -0.1) is 0 Å². The van der Waals surface area contributed by atoms with Crippen molar-refractivity contribution in [1.82, 2.24) is 4.98 Å². The van der Waals surface area contributed by atoms with E-state index in [1.54, 1.807) is 0 Å². The monoisotopic (exact) mass is 267 g/mol. The van der Waals surface area contributed by atoms with Crippen molar-refractivity contribution in [3.05, 3.63) is 53.2 Å². The van der Waals surface area contributed by atoms with E-state index in [1.165, 1.54) is 22.3 Å². The molecule has 0 unspecified atom stereocenters. The third-order valence-corrected chi connectivity index (χ3v) is 3.71. The first kappa shape index (κ1) is 14.8. The van der Waals surface area contributed by atoms with E-state index in [0.29, 0.717) is 5.92 Å². The third kappa shape index (κ3) is 3.09. The van der Waals surface area contributed by atoms with Gasteiger partial charge in [-0.25, -0.2) is 0 Å². The average Bonchev–Trinajstić information content (AvgIpc) is 2.37. The molecule has 0 spiro atoms. The van der Waals surface area contributed by atoms with E-state index in [4.69, 9.17) is 0 Å². The summed E-state index contributed by atoms with van der Waals surface area (Å²) in [6.45, 7) is 13.4. The first-order valence-electron chi connectivity index (χ1n) is 7.36. The molecule has 1 nitrogen and oxygen atoms in total. The number of benzene rings is 1. The number of hydrogen-bond donors (Lipinski definition) is 0. The fourth-order valence-electron chi connectivity index (χ4n) is 2.46. The maximum Gasteiger partial charge on any atom is 0.0705 e. The second kappa shape index (κ2) is 5.40. The number of aryl methyl sites for hydroxylation is 1. The lowest BCUT2D eigenvalue weighted by Gasteiger charge is -2.25. The second-order valence-corrected chi connectivity index (χ2v) is 6.93. The van der Waals surface area contributed by atoms with Crippen LogP contribution in [0.3, 0.4) is 0 Å². The molecule has 1 heterocycles. The van der Waals surface area contributed by atoms with E-state index in [0.717, 1.165) is 5.69 Å². The van der Waals surface area contributed by atoms with Crippen molar-refractivity contribution in [2.24, 2.45) is 0 Å². The van der Waals surface area contributed by atoms with Gasteiger partial charge in [0.2, 0.25) is 0 Å². The van der Waals surface area contributed by atoms with Crippen molar-refractivity contribution in [2.75, 3.05) is 0 Å². The lowest BCUT2D eigenvalue weighted by Crippen LogP contribution is -2.15. The highest BCUT2D eigenvalue weighted by Crippen LogP contribution is 2.32. The van der Waals surface area contributed by atoms with Crippen molar-refractivity contribution in [2.45, 2.75) is 52.9 Å². The van der Waals surface area contributed by atoms with Gasteiger partial charge in [0.25, 0.3) is 0 Å². The van der Waals surface area contributed by atoms with E-state index in [2.05, 4.69) is 83.1 Å². The maximum absolute atomic E-state index is 4.69. The highest BCUT2D eigenvalue weighted by molar-refractivity contribution is 5.61. The molecule has 0 aliphatic rings. The molecule has 0 saturated heterocycles. The zero-order valence-electron chi connectivity index (χ0n) is 13.5. The molecule has 1 heteroatoms. The van der Waals surface area contributed by atoms with Crippen LogP contribution in [0.1, 0.15) is 57.2 Å². The Kier molecular flexibility index (Phi) is 3.99. The van der Waals surface area contributed by atoms with Gasteiger partial charge in [-0.05, 0) is 35.4 Å². The van der Waals surface area contributed by atoms with Gasteiger partial charge in [-0.3, -0.25) is 4.98 Å². The largest absolute Gasteiger partial charge is 0.256 e. The van der Waals surface area contributed by atoms with Gasteiger partial charge in [0, 0.05) is 11.8 Å². The second-order valence-electron chi connectivity index (χ2n) is 6.93. The predicted molar refractivity (Wildman–Crippen MR) is 87.2 cm³/mol. The summed E-state index contributed by atoms with van der Waals surface area (Å²) in [6, 6.07) is 10.8. The van der Waals surface area contributed by atoms with Gasteiger partial charge < -0.3 is 0 Å². The summed E-state index contributed by atoms with van der Waals surface area (Å²) in [5.74, 6) is 0.511. The molecule has 0 atom stereocenters. The molecular formula is C19H25N. The molecule has 0 amide bonds. The summed E-state index contributed by atoms with van der Waals surface area (Å²) in [5.41, 5.74) is 6.44. The Labute approximate surface area is 123 Å². The highest BCUT2D eigenvalue weighted by Gasteiger charge is 2.20. The Bertz CT molecular complexity index is 586. The fourth-order valence-corrected chi connectivity index (χ4v) is 2.46. The van der Waals surface area contributed by atoms with Crippen LogP contribution in [0.5, 0.6) is 0 Å². The molecular weight excluding hydrogens is 242 g/mol. The minimum absolute atomic E-state index is 0.137. The standard InChI is InChI=1S/C19H25N/c1-13(2)16-11-18(15-9-7-14(3)8-10-15)20-12-17(16)19(4,5)6/h7-13H,1-6H3. The predicted octanol–water partition coefficient (Wildman–Crippen LogP) is 5.48. The molecule has 1 aromatic heterocycles. The van der Waals surface area contributed by atoms with Crippen LogP contribution >= 0.6 is 0 Å². The van der Waals surface area contributed by atoms with Crippen LogP contribution in [0, 0.1) is 6.92 Å². The molecule has 0 aliphatic carbocycles. The van der Waals surface area contributed by atoms with E-state index >= 15 is 0 Å². The Balaban J connectivity index is 2.53. The quantitative estimate of drug-likeness (QED) is 0.702. The zero-order chi connectivity index (χ0) is 14.9. The molecule has 0 saturated carbocycles. The number of nitrogens with zero attached hydrogens (tertiary/aromatic N) is 1. The van der Waals surface area contributed by atoms with Crippen LogP contribution < -0.4 is 0 Å². The molecule has 20 heavy (non-hydrogen) atoms. The number of pyridine rings is 1. The molecule has 0 N–H and O–H groups in total. The van der Waals surface area contributed by atoms with E-state index in [-0.39, 0.29) is 5.41 Å². The van der Waals surface area contributed by atoms with Crippen LogP contribution in [0.25, 0.3) is 11.3 Å². The number of hydrogen-bond acceptors (Lipinski definition) is 1. The summed E-state index contributed by atoms with van der Waals surface area (Å²) < 4.78 is 0. The van der Waals surface area contributed by atoms with Crippen molar-refractivity contribution in [3.63, 3.8) is 0 Å². The molecule has 0 bridgehead atoms. The fraction of sp³-hybridized carbons (Fsp3) is 0.421. The minimum Gasteiger partial charge on any atom is -0.256 e. The Hall–Kier alpha value is -1.63. The van der Waals surface area contributed by atoms with E-state index < -0.39 is 0 Å². The lowest BCUT2D eigenvalue weighted by atomic mass is 9.81. The minimum atomic E-state index is 0.137. The molecule has 2 rings (SSSR count). The normalized spacial score (nSPS) is 11.9. The van der Waals surface area contributed by atoms with Gasteiger partial charge in [-0.2, -0.15) is 0 Å². The van der Waals surface area contributed by atoms with Crippen molar-refractivity contribution >= 4 is 0 Å². The van der Waals surface area contributed by atoms with Gasteiger partial charge in [0.1, 0.15) is 0 Å². The topological polar surface area (TPSA) is 12.9 Å². The van der Waals surface area contributed by atoms with Crippen molar-refractivity contribution in [1.29, 1.82) is 0 Å². The Morgan fingerprint density at radius 2 is 1.60 bits per heavy atom. The van der Waals surface area contributed by atoms with E-state index in [1.807, 2.05) is 0 Å². The average molecular weight is 267 g/mol. The summed E-state index contributed by atoms with van der Waals surface area (Å²) >= 11 is 0. The zero-order valence-corrected chi connectivity index (χ0v) is 13.5. The van der Waals surface area contributed by atoms with Crippen LogP contribution in [0.2, 0.25) is 0 Å². The van der Waals surface area contributed by atoms with Gasteiger partial charge >= 0.3 is 0 Å². The number of rotatable bonds is 2. The Morgan fingerprint density at radius 1 is 1.00 bits per heavy atom. The molecule has 2 aromatic rings. The van der Waals surface area contributed by atoms with Crippen molar-refractivity contribution in [3.8, 4) is 11.3 Å². The van der Waals surface area contributed by atoms with Gasteiger partial charge in [0.05, 0.1) is 5.69 Å². The molecule has 1 aromatic carbocycles. The van der Waals surface area contributed by atoms with Crippen molar-refractivity contribution < 1.29 is 0 Å². The summed E-state index contributed by atoms with van der Waals surface area (Å²) in [6.07, 6.45) is 2.06. The molecule has 106 valence electrons. The third-order valence-electron chi connectivity index (χ3n) is 3.71. The molecule has 0 fully saturated rings. The van der Waals surface area contributed by atoms with Crippen LogP contribution in [0.15, 0.2) is 36.5 Å². The summed E-state index contributed by atoms with van der Waals surface area (Å²) in [7, 11) is 0. The highest BCUT2D eigenvalue weighted by atomic mass is 14.7. The van der Waals surface area contributed by atoms with E-state index in [9.17, 15) is 0 Å². The maximum atomic E-state index is 4.69. The smallest absolute Gasteiger partial charge is 0.0705 e. The first-order chi connectivity index (χ1) is 9.29. The SMILES string of the molecule is Cc1ccc(-c2cc(C(C)C)c(C(C)(C)C)cn2)cc1. The van der Waals surface area contributed by atoms with Gasteiger partial charge in [-0.1, -0.05) is 64.4 Å². The summed E-state index contributed by atoms with van der Waals surface area (Å²) in [5, 5.41) is 0. The van der Waals surface area contributed by atoms with Crippen LogP contribution in [-0.4, -0.2) is 4.98 Å². The first-order valence-corrected chi connectivity index (χ1v) is 7.36. The Morgan fingerprint density at radius 3 is 2.10 bits per heavy atom. The van der Waals surface area contributed by atoms with Crippen LogP contribution in [-0.2, 0) is 5.41 Å².